The fourth-order valence-electron chi connectivity index (χ4n) is 2.30. The first kappa shape index (κ1) is 10.9. The van der Waals surface area contributed by atoms with Gasteiger partial charge in [-0.3, -0.25) is 0 Å². The van der Waals surface area contributed by atoms with E-state index in [2.05, 4.69) is 22.2 Å². The summed E-state index contributed by atoms with van der Waals surface area (Å²) in [6.45, 7) is 3.19. The molecule has 2 unspecified atom stereocenters. The van der Waals surface area contributed by atoms with Crippen molar-refractivity contribution in [1.82, 2.24) is 9.97 Å². The van der Waals surface area contributed by atoms with E-state index in [1.165, 1.54) is 19.3 Å². The van der Waals surface area contributed by atoms with Crippen LogP contribution in [0.5, 0.6) is 0 Å². The lowest BCUT2D eigenvalue weighted by Crippen LogP contribution is -2.17. The normalized spacial score (nSPS) is 24.0. The van der Waals surface area contributed by atoms with Gasteiger partial charge in [0.1, 0.15) is 6.07 Å². The SMILES string of the molecule is CC1CCCC1CNc1nccnc1C#N. The average Bonchev–Trinajstić information content (AvgIpc) is 2.72. The maximum atomic E-state index is 8.87. The van der Waals surface area contributed by atoms with Gasteiger partial charge in [-0.05, 0) is 18.3 Å². The average molecular weight is 216 g/mol. The molecular weight excluding hydrogens is 200 g/mol. The molecule has 1 fully saturated rings. The van der Waals surface area contributed by atoms with Gasteiger partial charge in [-0.1, -0.05) is 19.8 Å². The van der Waals surface area contributed by atoms with E-state index in [1.54, 1.807) is 12.4 Å². The second-order valence-corrected chi connectivity index (χ2v) is 4.41. The second kappa shape index (κ2) is 4.93. The lowest BCUT2D eigenvalue weighted by Gasteiger charge is -2.16. The molecule has 2 rings (SSSR count). The Balaban J connectivity index is 1.97. The monoisotopic (exact) mass is 216 g/mol. The summed E-state index contributed by atoms with van der Waals surface area (Å²) >= 11 is 0. The Labute approximate surface area is 95.7 Å². The van der Waals surface area contributed by atoms with Crippen LogP contribution in [0.3, 0.4) is 0 Å². The van der Waals surface area contributed by atoms with Crippen LogP contribution >= 0.6 is 0 Å². The van der Waals surface area contributed by atoms with Gasteiger partial charge in [-0.25, -0.2) is 9.97 Å². The van der Waals surface area contributed by atoms with Crippen LogP contribution in [-0.2, 0) is 0 Å². The van der Waals surface area contributed by atoms with Gasteiger partial charge in [0.15, 0.2) is 11.5 Å². The van der Waals surface area contributed by atoms with Crippen LogP contribution in [0, 0.1) is 23.2 Å². The molecule has 0 spiro atoms. The topological polar surface area (TPSA) is 61.6 Å². The molecule has 1 heterocycles. The lowest BCUT2D eigenvalue weighted by atomic mass is 9.98. The molecule has 1 N–H and O–H groups in total. The van der Waals surface area contributed by atoms with Gasteiger partial charge >= 0.3 is 0 Å². The summed E-state index contributed by atoms with van der Waals surface area (Å²) < 4.78 is 0. The standard InChI is InChI=1S/C12H16N4/c1-9-3-2-4-10(9)8-16-12-11(7-13)14-5-6-15-12/h5-6,9-10H,2-4,8H2,1H3,(H,15,16). The van der Waals surface area contributed by atoms with E-state index in [0.717, 1.165) is 12.5 Å². The summed E-state index contributed by atoms with van der Waals surface area (Å²) in [6.07, 6.45) is 7.07. The van der Waals surface area contributed by atoms with Gasteiger partial charge < -0.3 is 5.32 Å². The van der Waals surface area contributed by atoms with E-state index in [9.17, 15) is 0 Å². The van der Waals surface area contributed by atoms with Crippen molar-refractivity contribution in [2.24, 2.45) is 11.8 Å². The molecule has 0 aliphatic heterocycles. The van der Waals surface area contributed by atoms with E-state index in [0.29, 0.717) is 17.4 Å². The summed E-state index contributed by atoms with van der Waals surface area (Å²) in [7, 11) is 0. The summed E-state index contributed by atoms with van der Waals surface area (Å²) in [5, 5.41) is 12.1. The molecule has 4 heteroatoms. The second-order valence-electron chi connectivity index (χ2n) is 4.41. The van der Waals surface area contributed by atoms with Crippen molar-refractivity contribution in [3.05, 3.63) is 18.1 Å². The zero-order chi connectivity index (χ0) is 11.4. The van der Waals surface area contributed by atoms with Crippen LogP contribution < -0.4 is 5.32 Å². The number of anilines is 1. The third-order valence-corrected chi connectivity index (χ3v) is 3.37. The van der Waals surface area contributed by atoms with Crippen molar-refractivity contribution in [2.45, 2.75) is 26.2 Å². The van der Waals surface area contributed by atoms with Gasteiger partial charge in [0.25, 0.3) is 0 Å². The molecule has 0 bridgehead atoms. The number of nitrogens with one attached hydrogen (secondary N) is 1. The van der Waals surface area contributed by atoms with Crippen molar-refractivity contribution >= 4 is 5.82 Å². The number of hydrogen-bond donors (Lipinski definition) is 1. The van der Waals surface area contributed by atoms with Gasteiger partial charge in [-0.15, -0.1) is 0 Å². The molecule has 2 atom stereocenters. The minimum absolute atomic E-state index is 0.383. The molecule has 1 aliphatic rings. The molecule has 16 heavy (non-hydrogen) atoms. The first-order chi connectivity index (χ1) is 7.81. The van der Waals surface area contributed by atoms with Crippen molar-refractivity contribution in [3.63, 3.8) is 0 Å². The first-order valence-corrected chi connectivity index (χ1v) is 5.76. The lowest BCUT2D eigenvalue weighted by molar-refractivity contribution is 0.439. The highest BCUT2D eigenvalue weighted by atomic mass is 15.0. The molecule has 0 saturated heterocycles. The Kier molecular flexibility index (Phi) is 3.35. The number of hydrogen-bond acceptors (Lipinski definition) is 4. The predicted octanol–water partition coefficient (Wildman–Crippen LogP) is 2.20. The third kappa shape index (κ3) is 2.30. The Morgan fingerprint density at radius 1 is 1.44 bits per heavy atom. The number of nitrogens with zero attached hydrogens (tertiary/aromatic N) is 3. The molecule has 0 radical (unpaired) electrons. The van der Waals surface area contributed by atoms with Gasteiger partial charge in [0.05, 0.1) is 0 Å². The van der Waals surface area contributed by atoms with Crippen LogP contribution in [0.1, 0.15) is 31.9 Å². The molecule has 1 aliphatic carbocycles. The number of nitriles is 1. The van der Waals surface area contributed by atoms with Crippen molar-refractivity contribution in [1.29, 1.82) is 5.26 Å². The van der Waals surface area contributed by atoms with E-state index >= 15 is 0 Å². The smallest absolute Gasteiger partial charge is 0.182 e. The number of aromatic nitrogens is 2. The summed E-state index contributed by atoms with van der Waals surface area (Å²) in [5.41, 5.74) is 0.383. The van der Waals surface area contributed by atoms with Gasteiger partial charge in [0.2, 0.25) is 0 Å². The summed E-state index contributed by atoms with van der Waals surface area (Å²) in [5.74, 6) is 2.09. The fraction of sp³-hybridized carbons (Fsp3) is 0.583. The molecule has 0 aromatic carbocycles. The zero-order valence-electron chi connectivity index (χ0n) is 9.48. The minimum Gasteiger partial charge on any atom is -0.367 e. The Morgan fingerprint density at radius 3 is 2.94 bits per heavy atom. The van der Waals surface area contributed by atoms with Crippen LogP contribution in [-0.4, -0.2) is 16.5 Å². The minimum atomic E-state index is 0.383. The van der Waals surface area contributed by atoms with Crippen LogP contribution in [0.15, 0.2) is 12.4 Å². The highest BCUT2D eigenvalue weighted by Crippen LogP contribution is 2.31. The van der Waals surface area contributed by atoms with Crippen molar-refractivity contribution in [3.8, 4) is 6.07 Å². The van der Waals surface area contributed by atoms with E-state index in [4.69, 9.17) is 5.26 Å². The van der Waals surface area contributed by atoms with Crippen molar-refractivity contribution in [2.75, 3.05) is 11.9 Å². The maximum absolute atomic E-state index is 8.87. The highest BCUT2D eigenvalue weighted by Gasteiger charge is 2.23. The molecule has 1 saturated carbocycles. The Bertz CT molecular complexity index is 396. The fourth-order valence-corrected chi connectivity index (χ4v) is 2.30. The summed E-state index contributed by atoms with van der Waals surface area (Å²) in [6, 6.07) is 2.05. The largest absolute Gasteiger partial charge is 0.367 e. The van der Waals surface area contributed by atoms with Crippen molar-refractivity contribution < 1.29 is 0 Å². The molecule has 1 aromatic rings. The molecule has 0 amide bonds. The van der Waals surface area contributed by atoms with E-state index < -0.39 is 0 Å². The van der Waals surface area contributed by atoms with E-state index in [-0.39, 0.29) is 0 Å². The number of rotatable bonds is 3. The Morgan fingerprint density at radius 2 is 2.25 bits per heavy atom. The Hall–Kier alpha value is -1.63. The molecule has 4 nitrogen and oxygen atoms in total. The predicted molar refractivity (Wildman–Crippen MR) is 61.7 cm³/mol. The maximum Gasteiger partial charge on any atom is 0.182 e. The summed E-state index contributed by atoms with van der Waals surface area (Å²) in [4.78, 5) is 8.11. The third-order valence-electron chi connectivity index (χ3n) is 3.37. The zero-order valence-corrected chi connectivity index (χ0v) is 9.48. The highest BCUT2D eigenvalue weighted by molar-refractivity contribution is 5.46. The first-order valence-electron chi connectivity index (χ1n) is 5.76. The van der Waals surface area contributed by atoms with Crippen LogP contribution in [0.4, 0.5) is 5.82 Å². The van der Waals surface area contributed by atoms with Crippen LogP contribution in [0.25, 0.3) is 0 Å². The quantitative estimate of drug-likeness (QED) is 0.841. The van der Waals surface area contributed by atoms with Gasteiger partial charge in [-0.2, -0.15) is 5.26 Å². The van der Waals surface area contributed by atoms with Crippen LogP contribution in [0.2, 0.25) is 0 Å². The molecular formula is C12H16N4. The molecule has 1 aromatic heterocycles. The molecule has 84 valence electrons. The van der Waals surface area contributed by atoms with E-state index in [1.807, 2.05) is 6.07 Å². The van der Waals surface area contributed by atoms with Gasteiger partial charge in [0, 0.05) is 18.9 Å².